The molecule has 120 valence electrons. The summed E-state index contributed by atoms with van der Waals surface area (Å²) < 4.78 is 0. The Morgan fingerprint density at radius 2 is 1.91 bits per heavy atom. The van der Waals surface area contributed by atoms with Gasteiger partial charge in [0.1, 0.15) is 0 Å². The molecule has 0 aliphatic carbocycles. The second-order valence-electron chi connectivity index (χ2n) is 6.17. The third-order valence-corrected chi connectivity index (χ3v) is 3.90. The fraction of sp³-hybridized carbons (Fsp3) is 0.529. The summed E-state index contributed by atoms with van der Waals surface area (Å²) in [6.07, 6.45) is 4.24. The quantitative estimate of drug-likeness (QED) is 0.833. The van der Waals surface area contributed by atoms with Gasteiger partial charge >= 0.3 is 0 Å². The van der Waals surface area contributed by atoms with E-state index >= 15 is 0 Å². The lowest BCUT2D eigenvalue weighted by atomic mass is 10.1. The fourth-order valence-electron chi connectivity index (χ4n) is 2.69. The standard InChI is InChI=1S/C17H25N3OS/c1-13(2)12-16(21)19-17(22)18-14-8-4-5-9-15(14)20-10-6-3-7-11-20/h4-5,8-9,13H,3,6-7,10-12H2,1-2H3,(H2,18,19,21,22). The van der Waals surface area contributed by atoms with Gasteiger partial charge in [0, 0.05) is 19.5 Å². The first-order chi connectivity index (χ1) is 10.6. The van der Waals surface area contributed by atoms with Gasteiger partial charge in [0.25, 0.3) is 0 Å². The fourth-order valence-corrected chi connectivity index (χ4v) is 2.92. The number of hydrogen-bond donors (Lipinski definition) is 2. The van der Waals surface area contributed by atoms with E-state index in [1.165, 1.54) is 19.3 Å². The number of carbonyl (C=O) groups is 1. The van der Waals surface area contributed by atoms with Crippen LogP contribution in [0.15, 0.2) is 24.3 Å². The van der Waals surface area contributed by atoms with Gasteiger partial charge in [0.15, 0.2) is 5.11 Å². The van der Waals surface area contributed by atoms with Crippen molar-refractivity contribution in [2.24, 2.45) is 5.92 Å². The highest BCUT2D eigenvalue weighted by Crippen LogP contribution is 2.28. The van der Waals surface area contributed by atoms with Crippen molar-refractivity contribution in [3.8, 4) is 0 Å². The van der Waals surface area contributed by atoms with Gasteiger partial charge in [0.05, 0.1) is 11.4 Å². The van der Waals surface area contributed by atoms with Crippen molar-refractivity contribution in [2.45, 2.75) is 39.5 Å². The minimum Gasteiger partial charge on any atom is -0.370 e. The van der Waals surface area contributed by atoms with Crippen LogP contribution in [0.3, 0.4) is 0 Å². The highest BCUT2D eigenvalue weighted by molar-refractivity contribution is 7.80. The van der Waals surface area contributed by atoms with E-state index in [0.29, 0.717) is 17.5 Å². The molecule has 1 aromatic carbocycles. The number of carbonyl (C=O) groups excluding carboxylic acids is 1. The predicted octanol–water partition coefficient (Wildman–Crippen LogP) is 3.54. The predicted molar refractivity (Wildman–Crippen MR) is 96.3 cm³/mol. The zero-order valence-electron chi connectivity index (χ0n) is 13.4. The molecule has 4 nitrogen and oxygen atoms in total. The largest absolute Gasteiger partial charge is 0.370 e. The molecule has 0 unspecified atom stereocenters. The second-order valence-corrected chi connectivity index (χ2v) is 6.57. The molecule has 22 heavy (non-hydrogen) atoms. The first-order valence-corrected chi connectivity index (χ1v) is 8.42. The molecule has 0 radical (unpaired) electrons. The lowest BCUT2D eigenvalue weighted by Gasteiger charge is -2.30. The number of amides is 1. The molecule has 2 N–H and O–H groups in total. The number of rotatable bonds is 4. The number of piperidine rings is 1. The zero-order valence-corrected chi connectivity index (χ0v) is 14.2. The molecule has 1 heterocycles. The van der Waals surface area contributed by atoms with Crippen molar-refractivity contribution in [3.63, 3.8) is 0 Å². The molecule has 1 fully saturated rings. The number of benzene rings is 1. The third-order valence-electron chi connectivity index (χ3n) is 3.70. The van der Waals surface area contributed by atoms with E-state index in [0.717, 1.165) is 24.5 Å². The van der Waals surface area contributed by atoms with Gasteiger partial charge in [-0.15, -0.1) is 0 Å². The van der Waals surface area contributed by atoms with Gasteiger partial charge in [-0.1, -0.05) is 26.0 Å². The van der Waals surface area contributed by atoms with Crippen LogP contribution in [0.1, 0.15) is 39.5 Å². The lowest BCUT2D eigenvalue weighted by Crippen LogP contribution is -2.36. The van der Waals surface area contributed by atoms with E-state index in [4.69, 9.17) is 12.2 Å². The normalized spacial score (nSPS) is 14.8. The van der Waals surface area contributed by atoms with Crippen LogP contribution in [-0.2, 0) is 4.79 Å². The lowest BCUT2D eigenvalue weighted by molar-refractivity contribution is -0.120. The van der Waals surface area contributed by atoms with E-state index in [1.807, 2.05) is 32.0 Å². The third kappa shape index (κ3) is 4.98. The van der Waals surface area contributed by atoms with E-state index in [-0.39, 0.29) is 5.91 Å². The Morgan fingerprint density at radius 3 is 2.59 bits per heavy atom. The SMILES string of the molecule is CC(C)CC(=O)NC(=S)Nc1ccccc1N1CCCCC1. The number of nitrogens with one attached hydrogen (secondary N) is 2. The smallest absolute Gasteiger partial charge is 0.226 e. The van der Waals surface area contributed by atoms with Crippen molar-refractivity contribution >= 4 is 34.6 Å². The average molecular weight is 319 g/mol. The first-order valence-electron chi connectivity index (χ1n) is 8.01. The number of para-hydroxylation sites is 2. The minimum atomic E-state index is -0.0389. The first kappa shape index (κ1) is 16.7. The molecular weight excluding hydrogens is 294 g/mol. The average Bonchev–Trinajstić information content (AvgIpc) is 2.47. The summed E-state index contributed by atoms with van der Waals surface area (Å²) in [5, 5.41) is 6.29. The Kier molecular flexibility index (Phi) is 6.19. The Bertz CT molecular complexity index is 524. The van der Waals surface area contributed by atoms with Gasteiger partial charge < -0.3 is 15.5 Å². The highest BCUT2D eigenvalue weighted by atomic mass is 32.1. The van der Waals surface area contributed by atoms with Crippen LogP contribution in [0, 0.1) is 5.92 Å². The van der Waals surface area contributed by atoms with E-state index in [2.05, 4.69) is 21.6 Å². The summed E-state index contributed by atoms with van der Waals surface area (Å²) in [7, 11) is 0. The summed E-state index contributed by atoms with van der Waals surface area (Å²) in [6, 6.07) is 8.13. The maximum absolute atomic E-state index is 11.8. The Hall–Kier alpha value is -1.62. The molecule has 0 spiro atoms. The second kappa shape index (κ2) is 8.13. The molecule has 1 aliphatic heterocycles. The molecule has 1 aromatic rings. The molecule has 1 aliphatic rings. The molecule has 0 saturated carbocycles. The van der Waals surface area contributed by atoms with Crippen LogP contribution in [-0.4, -0.2) is 24.1 Å². The van der Waals surface area contributed by atoms with E-state index in [9.17, 15) is 4.79 Å². The minimum absolute atomic E-state index is 0.0389. The number of anilines is 2. The van der Waals surface area contributed by atoms with Crippen LogP contribution in [0.25, 0.3) is 0 Å². The molecule has 0 atom stereocenters. The maximum Gasteiger partial charge on any atom is 0.226 e. The van der Waals surface area contributed by atoms with Crippen molar-refractivity contribution in [2.75, 3.05) is 23.3 Å². The zero-order chi connectivity index (χ0) is 15.9. The molecule has 1 saturated heterocycles. The monoisotopic (exact) mass is 319 g/mol. The van der Waals surface area contributed by atoms with Crippen LogP contribution in [0.5, 0.6) is 0 Å². The van der Waals surface area contributed by atoms with Crippen molar-refractivity contribution in [1.82, 2.24) is 5.32 Å². The molecule has 0 bridgehead atoms. The van der Waals surface area contributed by atoms with E-state index in [1.54, 1.807) is 0 Å². The Morgan fingerprint density at radius 1 is 1.23 bits per heavy atom. The molecule has 5 heteroatoms. The van der Waals surface area contributed by atoms with Crippen molar-refractivity contribution < 1.29 is 4.79 Å². The number of thiocarbonyl (C=S) groups is 1. The van der Waals surface area contributed by atoms with Crippen LogP contribution < -0.4 is 15.5 Å². The van der Waals surface area contributed by atoms with E-state index < -0.39 is 0 Å². The van der Waals surface area contributed by atoms with Crippen LogP contribution in [0.2, 0.25) is 0 Å². The van der Waals surface area contributed by atoms with Gasteiger partial charge in [-0.3, -0.25) is 4.79 Å². The number of nitrogens with zero attached hydrogens (tertiary/aromatic N) is 1. The van der Waals surface area contributed by atoms with Crippen LogP contribution in [0.4, 0.5) is 11.4 Å². The van der Waals surface area contributed by atoms with Gasteiger partial charge in [0.2, 0.25) is 5.91 Å². The van der Waals surface area contributed by atoms with Gasteiger partial charge in [-0.2, -0.15) is 0 Å². The summed E-state index contributed by atoms with van der Waals surface area (Å²) in [6.45, 7) is 6.18. The molecular formula is C17H25N3OS. The Balaban J connectivity index is 2.00. The van der Waals surface area contributed by atoms with Crippen molar-refractivity contribution in [1.29, 1.82) is 0 Å². The summed E-state index contributed by atoms with van der Waals surface area (Å²) in [4.78, 5) is 14.2. The molecule has 2 rings (SSSR count). The molecule has 1 amide bonds. The summed E-state index contributed by atoms with van der Waals surface area (Å²) >= 11 is 5.26. The van der Waals surface area contributed by atoms with Gasteiger partial charge in [-0.25, -0.2) is 0 Å². The Labute approximate surface area is 138 Å². The topological polar surface area (TPSA) is 44.4 Å². The summed E-state index contributed by atoms with van der Waals surface area (Å²) in [5.41, 5.74) is 2.11. The highest BCUT2D eigenvalue weighted by Gasteiger charge is 2.15. The summed E-state index contributed by atoms with van der Waals surface area (Å²) in [5.74, 6) is 0.284. The number of hydrogen-bond acceptors (Lipinski definition) is 3. The maximum atomic E-state index is 11.8. The molecule has 0 aromatic heterocycles. The van der Waals surface area contributed by atoms with Crippen LogP contribution >= 0.6 is 12.2 Å². The van der Waals surface area contributed by atoms with Crippen molar-refractivity contribution in [3.05, 3.63) is 24.3 Å². The van der Waals surface area contributed by atoms with Gasteiger partial charge in [-0.05, 0) is 49.5 Å².